The Bertz CT molecular complexity index is 1260. The zero-order valence-electron chi connectivity index (χ0n) is 14.6. The molecule has 0 aliphatic carbocycles. The SMILES string of the molecule is N=C(c1ccccc1)c1ccc(-c2cccc3sc4ccccc4c23)cc1. The molecule has 1 nitrogen and oxygen atoms in total. The Morgan fingerprint density at radius 2 is 1.26 bits per heavy atom. The van der Waals surface area contributed by atoms with Crippen LogP contribution in [0.4, 0.5) is 0 Å². The van der Waals surface area contributed by atoms with Gasteiger partial charge in [-0.2, -0.15) is 0 Å². The number of benzene rings is 4. The van der Waals surface area contributed by atoms with Gasteiger partial charge in [-0.3, -0.25) is 5.41 Å². The van der Waals surface area contributed by atoms with E-state index in [1.807, 2.05) is 41.7 Å². The van der Waals surface area contributed by atoms with Crippen LogP contribution in [0.15, 0.2) is 97.1 Å². The van der Waals surface area contributed by atoms with Crippen molar-refractivity contribution in [1.29, 1.82) is 5.41 Å². The molecule has 0 saturated heterocycles. The van der Waals surface area contributed by atoms with E-state index in [9.17, 15) is 0 Å². The smallest absolute Gasteiger partial charge is 0.0684 e. The van der Waals surface area contributed by atoms with Crippen molar-refractivity contribution in [3.05, 3.63) is 108 Å². The summed E-state index contributed by atoms with van der Waals surface area (Å²) in [5, 5.41) is 11.1. The first-order valence-electron chi connectivity index (χ1n) is 8.96. The molecule has 0 aliphatic heterocycles. The van der Waals surface area contributed by atoms with Gasteiger partial charge in [0.15, 0.2) is 0 Å². The van der Waals surface area contributed by atoms with Crippen molar-refractivity contribution in [2.24, 2.45) is 0 Å². The van der Waals surface area contributed by atoms with Crippen molar-refractivity contribution in [3.63, 3.8) is 0 Å². The third-order valence-electron chi connectivity index (χ3n) is 4.95. The highest BCUT2D eigenvalue weighted by molar-refractivity contribution is 7.25. The minimum atomic E-state index is 0.557. The maximum Gasteiger partial charge on any atom is 0.0684 e. The zero-order chi connectivity index (χ0) is 18.2. The molecule has 0 atom stereocenters. The number of rotatable bonds is 3. The summed E-state index contributed by atoms with van der Waals surface area (Å²) in [5.74, 6) is 0. The lowest BCUT2D eigenvalue weighted by molar-refractivity contribution is 1.46. The standard InChI is InChI=1S/C25H17NS/c26-25(18-7-2-1-3-8-18)19-15-13-17(14-16-19)20-10-6-12-23-24(20)21-9-4-5-11-22(21)27-23/h1-16,26H. The van der Waals surface area contributed by atoms with Crippen molar-refractivity contribution in [1.82, 2.24) is 0 Å². The lowest BCUT2D eigenvalue weighted by Crippen LogP contribution is -2.00. The molecule has 128 valence electrons. The molecule has 0 radical (unpaired) electrons. The second-order valence-corrected chi connectivity index (χ2v) is 7.68. The van der Waals surface area contributed by atoms with Crippen LogP contribution in [-0.2, 0) is 0 Å². The molecule has 5 aromatic rings. The van der Waals surface area contributed by atoms with Crippen LogP contribution >= 0.6 is 11.3 Å². The Labute approximate surface area is 162 Å². The molecule has 27 heavy (non-hydrogen) atoms. The highest BCUT2D eigenvalue weighted by Crippen LogP contribution is 2.39. The second-order valence-electron chi connectivity index (χ2n) is 6.60. The first kappa shape index (κ1) is 16.0. The predicted octanol–water partition coefficient (Wildman–Crippen LogP) is 7.14. The molecular formula is C25H17NS. The van der Waals surface area contributed by atoms with E-state index >= 15 is 0 Å². The van der Waals surface area contributed by atoms with Gasteiger partial charge in [0, 0.05) is 25.7 Å². The molecule has 0 unspecified atom stereocenters. The summed E-state index contributed by atoms with van der Waals surface area (Å²) in [5.41, 5.74) is 4.88. The minimum absolute atomic E-state index is 0.557. The average Bonchev–Trinajstić information content (AvgIpc) is 3.13. The van der Waals surface area contributed by atoms with Gasteiger partial charge < -0.3 is 0 Å². The number of hydrogen-bond acceptors (Lipinski definition) is 2. The third-order valence-corrected chi connectivity index (χ3v) is 6.09. The summed E-state index contributed by atoms with van der Waals surface area (Å²) in [7, 11) is 0. The maximum absolute atomic E-state index is 8.46. The third kappa shape index (κ3) is 2.75. The van der Waals surface area contributed by atoms with Gasteiger partial charge in [0.2, 0.25) is 0 Å². The van der Waals surface area contributed by atoms with Gasteiger partial charge >= 0.3 is 0 Å². The summed E-state index contributed by atoms with van der Waals surface area (Å²) < 4.78 is 2.64. The summed E-state index contributed by atoms with van der Waals surface area (Å²) in [6.45, 7) is 0. The van der Waals surface area contributed by atoms with E-state index in [1.165, 1.54) is 31.3 Å². The first-order valence-corrected chi connectivity index (χ1v) is 9.78. The fourth-order valence-electron chi connectivity index (χ4n) is 3.60. The molecule has 0 spiro atoms. The van der Waals surface area contributed by atoms with Crippen molar-refractivity contribution in [3.8, 4) is 11.1 Å². The highest BCUT2D eigenvalue weighted by Gasteiger charge is 2.11. The molecule has 5 rings (SSSR count). The van der Waals surface area contributed by atoms with Gasteiger partial charge in [0.1, 0.15) is 0 Å². The Morgan fingerprint density at radius 3 is 2.07 bits per heavy atom. The van der Waals surface area contributed by atoms with E-state index in [0.29, 0.717) is 5.71 Å². The second kappa shape index (κ2) is 6.49. The van der Waals surface area contributed by atoms with E-state index in [-0.39, 0.29) is 0 Å². The fraction of sp³-hybridized carbons (Fsp3) is 0. The van der Waals surface area contributed by atoms with Gasteiger partial charge in [-0.25, -0.2) is 0 Å². The van der Waals surface area contributed by atoms with Crippen molar-refractivity contribution in [2.45, 2.75) is 0 Å². The zero-order valence-corrected chi connectivity index (χ0v) is 15.5. The molecule has 2 heteroatoms. The molecule has 4 aromatic carbocycles. The van der Waals surface area contributed by atoms with Crippen molar-refractivity contribution >= 4 is 37.2 Å². The summed E-state index contributed by atoms with van der Waals surface area (Å²) >= 11 is 1.84. The number of fused-ring (bicyclic) bond motifs is 3. The minimum Gasteiger partial charge on any atom is -0.300 e. The molecule has 0 fully saturated rings. The topological polar surface area (TPSA) is 23.9 Å². The van der Waals surface area contributed by atoms with Crippen LogP contribution in [-0.4, -0.2) is 5.71 Å². The molecular weight excluding hydrogens is 346 g/mol. The van der Waals surface area contributed by atoms with Crippen LogP contribution in [0, 0.1) is 5.41 Å². The molecule has 0 saturated carbocycles. The Kier molecular flexibility index (Phi) is 3.84. The Hall–Kier alpha value is -3.23. The molecule has 0 amide bonds. The quantitative estimate of drug-likeness (QED) is 0.329. The molecule has 1 N–H and O–H groups in total. The summed E-state index contributed by atoms with van der Waals surface area (Å²) in [6, 6.07) is 33.4. The first-order chi connectivity index (χ1) is 13.3. The van der Waals surface area contributed by atoms with Gasteiger partial charge in [-0.15, -0.1) is 11.3 Å². The Balaban J connectivity index is 1.61. The van der Waals surface area contributed by atoms with Gasteiger partial charge in [-0.1, -0.05) is 84.9 Å². The Morgan fingerprint density at radius 1 is 0.593 bits per heavy atom. The normalized spacial score (nSPS) is 11.1. The number of nitrogens with one attached hydrogen (secondary N) is 1. The summed E-state index contributed by atoms with van der Waals surface area (Å²) in [4.78, 5) is 0. The highest BCUT2D eigenvalue weighted by atomic mass is 32.1. The summed E-state index contributed by atoms with van der Waals surface area (Å²) in [6.07, 6.45) is 0. The molecule has 0 aliphatic rings. The van der Waals surface area contributed by atoms with Crippen molar-refractivity contribution < 1.29 is 0 Å². The van der Waals surface area contributed by atoms with Crippen LogP contribution in [0.3, 0.4) is 0 Å². The van der Waals surface area contributed by atoms with Crippen LogP contribution in [0.1, 0.15) is 11.1 Å². The van der Waals surface area contributed by atoms with E-state index in [2.05, 4.69) is 66.7 Å². The largest absolute Gasteiger partial charge is 0.300 e. The predicted molar refractivity (Wildman–Crippen MR) is 117 cm³/mol. The van der Waals surface area contributed by atoms with E-state index in [1.54, 1.807) is 0 Å². The van der Waals surface area contributed by atoms with Crippen molar-refractivity contribution in [2.75, 3.05) is 0 Å². The van der Waals surface area contributed by atoms with Crippen LogP contribution in [0.25, 0.3) is 31.3 Å². The van der Waals surface area contributed by atoms with E-state index < -0.39 is 0 Å². The maximum atomic E-state index is 8.46. The number of thiophene rings is 1. The molecule has 1 heterocycles. The van der Waals surface area contributed by atoms with Gasteiger partial charge in [-0.05, 0) is 28.8 Å². The van der Waals surface area contributed by atoms with E-state index in [4.69, 9.17) is 5.41 Å². The van der Waals surface area contributed by atoms with Crippen LogP contribution in [0.5, 0.6) is 0 Å². The van der Waals surface area contributed by atoms with E-state index in [0.717, 1.165) is 11.1 Å². The molecule has 1 aromatic heterocycles. The molecule has 0 bridgehead atoms. The van der Waals surface area contributed by atoms with Crippen LogP contribution in [0.2, 0.25) is 0 Å². The van der Waals surface area contributed by atoms with Gasteiger partial charge in [0.25, 0.3) is 0 Å². The van der Waals surface area contributed by atoms with Gasteiger partial charge in [0.05, 0.1) is 5.71 Å². The average molecular weight is 363 g/mol. The monoisotopic (exact) mass is 363 g/mol. The number of hydrogen-bond donors (Lipinski definition) is 1. The van der Waals surface area contributed by atoms with Crippen LogP contribution < -0.4 is 0 Å². The lowest BCUT2D eigenvalue weighted by atomic mass is 9.96. The fourth-order valence-corrected chi connectivity index (χ4v) is 4.74. The lowest BCUT2D eigenvalue weighted by Gasteiger charge is -2.08.